The molecular formula is C24H27BrN2O5S. The number of hydrogen-bond donors (Lipinski definition) is 0. The fourth-order valence-electron chi connectivity index (χ4n) is 3.57. The largest absolute Gasteiger partial charge is 0.481 e. The molecule has 0 amide bonds. The van der Waals surface area contributed by atoms with Gasteiger partial charge in [0.15, 0.2) is 0 Å². The quantitative estimate of drug-likeness (QED) is 0.382. The number of halogens is 1. The molecule has 1 unspecified atom stereocenters. The van der Waals surface area contributed by atoms with Crippen LogP contribution in [0.4, 0.5) is 0 Å². The summed E-state index contributed by atoms with van der Waals surface area (Å²) in [7, 11) is -3.90. The van der Waals surface area contributed by atoms with Crippen molar-refractivity contribution in [2.45, 2.75) is 31.3 Å². The molecule has 1 saturated heterocycles. The number of nitrogens with zero attached hydrogens (tertiary/aromatic N) is 2. The number of piperazine rings is 1. The van der Waals surface area contributed by atoms with Gasteiger partial charge in [-0.3, -0.25) is 9.69 Å². The number of hydrogen-bond acceptors (Lipinski definition) is 6. The van der Waals surface area contributed by atoms with Gasteiger partial charge in [0.1, 0.15) is 18.4 Å². The number of benzene rings is 2. The molecule has 1 aliphatic heterocycles. The fraction of sp³-hybridized carbons (Fsp3) is 0.375. The smallest absolute Gasteiger partial charge is 0.325 e. The molecule has 0 radical (unpaired) electrons. The lowest BCUT2D eigenvalue weighted by Gasteiger charge is -2.39. The Kier molecular flexibility index (Phi) is 8.92. The van der Waals surface area contributed by atoms with Crippen molar-refractivity contribution in [2.75, 3.05) is 32.8 Å². The standard InChI is InChI=1S/C24H27BrN2O5S/c1-3-5-16-32-21-10-12-22(13-11-21)33(29,30)27-15-14-26(18-23(27)24(28)31-4-2)17-19-6-8-20(25)9-7-19/h6-13,23H,4,14-18H2,1-2H3. The molecule has 0 bridgehead atoms. The monoisotopic (exact) mass is 534 g/mol. The zero-order valence-corrected chi connectivity index (χ0v) is 21.1. The molecule has 2 aromatic rings. The summed E-state index contributed by atoms with van der Waals surface area (Å²) in [4.78, 5) is 14.9. The van der Waals surface area contributed by atoms with Gasteiger partial charge in [0.05, 0.1) is 11.5 Å². The molecule has 33 heavy (non-hydrogen) atoms. The van der Waals surface area contributed by atoms with E-state index in [9.17, 15) is 13.2 Å². The molecule has 0 spiro atoms. The summed E-state index contributed by atoms with van der Waals surface area (Å²) in [6.07, 6.45) is 0. The first-order valence-corrected chi connectivity index (χ1v) is 12.9. The Balaban J connectivity index is 1.78. The normalized spacial score (nSPS) is 17.1. The average molecular weight is 535 g/mol. The van der Waals surface area contributed by atoms with E-state index in [1.165, 1.54) is 16.4 Å². The lowest BCUT2D eigenvalue weighted by atomic mass is 10.1. The summed E-state index contributed by atoms with van der Waals surface area (Å²) < 4.78 is 39.7. The molecule has 1 fully saturated rings. The first-order valence-electron chi connectivity index (χ1n) is 10.6. The van der Waals surface area contributed by atoms with Crippen molar-refractivity contribution in [3.63, 3.8) is 0 Å². The zero-order valence-electron chi connectivity index (χ0n) is 18.7. The second-order valence-electron chi connectivity index (χ2n) is 7.43. The SMILES string of the molecule is CC#CCOc1ccc(S(=O)(=O)N2CCN(Cc3ccc(Br)cc3)CC2C(=O)OCC)cc1. The van der Waals surface area contributed by atoms with Crippen molar-refractivity contribution in [2.24, 2.45) is 0 Å². The van der Waals surface area contributed by atoms with Crippen molar-refractivity contribution in [1.29, 1.82) is 0 Å². The van der Waals surface area contributed by atoms with E-state index in [1.807, 2.05) is 24.3 Å². The molecule has 0 N–H and O–H groups in total. The maximum Gasteiger partial charge on any atom is 0.325 e. The Morgan fingerprint density at radius 1 is 1.12 bits per heavy atom. The van der Waals surface area contributed by atoms with Crippen LogP contribution in [0.2, 0.25) is 0 Å². The molecule has 2 aromatic carbocycles. The van der Waals surface area contributed by atoms with Gasteiger partial charge in [0.2, 0.25) is 10.0 Å². The number of ether oxygens (including phenoxy) is 2. The number of carbonyl (C=O) groups is 1. The summed E-state index contributed by atoms with van der Waals surface area (Å²) in [5.74, 6) is 5.51. The first kappa shape index (κ1) is 25.2. The second kappa shape index (κ2) is 11.7. The molecule has 0 saturated carbocycles. The van der Waals surface area contributed by atoms with E-state index in [-0.39, 0.29) is 31.2 Å². The lowest BCUT2D eigenvalue weighted by Crippen LogP contribution is -2.58. The molecule has 1 aliphatic rings. The summed E-state index contributed by atoms with van der Waals surface area (Å²) in [6, 6.07) is 13.2. The number of sulfonamides is 1. The van der Waals surface area contributed by atoms with Gasteiger partial charge in [-0.15, -0.1) is 5.92 Å². The van der Waals surface area contributed by atoms with E-state index >= 15 is 0 Å². The van der Waals surface area contributed by atoms with Crippen LogP contribution >= 0.6 is 15.9 Å². The molecule has 0 aliphatic carbocycles. The summed E-state index contributed by atoms with van der Waals surface area (Å²) >= 11 is 3.43. The van der Waals surface area contributed by atoms with Gasteiger partial charge in [0, 0.05) is 30.7 Å². The van der Waals surface area contributed by atoms with E-state index in [4.69, 9.17) is 9.47 Å². The Morgan fingerprint density at radius 3 is 2.45 bits per heavy atom. The molecule has 7 nitrogen and oxygen atoms in total. The van der Waals surface area contributed by atoms with Crippen molar-refractivity contribution >= 4 is 31.9 Å². The molecular weight excluding hydrogens is 508 g/mol. The first-order chi connectivity index (χ1) is 15.8. The maximum atomic E-state index is 13.4. The van der Waals surface area contributed by atoms with Crippen LogP contribution in [0.3, 0.4) is 0 Å². The van der Waals surface area contributed by atoms with Crippen LogP contribution in [0.1, 0.15) is 19.4 Å². The highest BCUT2D eigenvalue weighted by atomic mass is 79.9. The number of carbonyl (C=O) groups excluding carboxylic acids is 1. The Labute approximate surface area is 203 Å². The predicted molar refractivity (Wildman–Crippen MR) is 129 cm³/mol. The minimum Gasteiger partial charge on any atom is -0.481 e. The van der Waals surface area contributed by atoms with Crippen LogP contribution in [-0.2, 0) is 26.1 Å². The molecule has 176 valence electrons. The van der Waals surface area contributed by atoms with Gasteiger partial charge in [-0.05, 0) is 55.8 Å². The second-order valence-corrected chi connectivity index (χ2v) is 10.2. The van der Waals surface area contributed by atoms with E-state index in [1.54, 1.807) is 26.0 Å². The van der Waals surface area contributed by atoms with Crippen molar-refractivity contribution in [3.8, 4) is 17.6 Å². The molecule has 3 rings (SSSR count). The molecule has 1 atom stereocenters. The zero-order chi connectivity index (χ0) is 23.8. The Hall–Kier alpha value is -2.38. The number of esters is 1. The van der Waals surface area contributed by atoms with E-state index < -0.39 is 22.0 Å². The Bertz CT molecular complexity index is 1110. The topological polar surface area (TPSA) is 76.2 Å². The highest BCUT2D eigenvalue weighted by Crippen LogP contribution is 2.25. The van der Waals surface area contributed by atoms with E-state index in [2.05, 4.69) is 32.7 Å². The third-order valence-corrected chi connectivity index (χ3v) is 7.66. The fourth-order valence-corrected chi connectivity index (χ4v) is 5.39. The summed E-state index contributed by atoms with van der Waals surface area (Å²) in [5.41, 5.74) is 1.08. The molecule has 1 heterocycles. The van der Waals surface area contributed by atoms with Crippen LogP contribution in [0.15, 0.2) is 57.9 Å². The van der Waals surface area contributed by atoms with Gasteiger partial charge in [-0.2, -0.15) is 4.31 Å². The summed E-state index contributed by atoms with van der Waals surface area (Å²) in [6.45, 7) is 5.40. The third-order valence-electron chi connectivity index (χ3n) is 5.21. The van der Waals surface area contributed by atoms with Crippen LogP contribution in [0.25, 0.3) is 0 Å². The van der Waals surface area contributed by atoms with E-state index in [0.29, 0.717) is 18.8 Å². The molecule has 0 aromatic heterocycles. The van der Waals surface area contributed by atoms with Crippen molar-refractivity contribution < 1.29 is 22.7 Å². The van der Waals surface area contributed by atoms with Gasteiger partial charge < -0.3 is 9.47 Å². The van der Waals surface area contributed by atoms with Gasteiger partial charge in [-0.1, -0.05) is 34.0 Å². The van der Waals surface area contributed by atoms with Crippen molar-refractivity contribution in [1.82, 2.24) is 9.21 Å². The van der Waals surface area contributed by atoms with Gasteiger partial charge >= 0.3 is 5.97 Å². The van der Waals surface area contributed by atoms with Crippen LogP contribution in [0.5, 0.6) is 5.75 Å². The predicted octanol–water partition coefficient (Wildman–Crippen LogP) is 3.29. The average Bonchev–Trinajstić information content (AvgIpc) is 2.81. The van der Waals surface area contributed by atoms with Crippen LogP contribution in [-0.4, -0.2) is 62.5 Å². The highest BCUT2D eigenvalue weighted by molar-refractivity contribution is 9.10. The lowest BCUT2D eigenvalue weighted by molar-refractivity contribution is -0.149. The highest BCUT2D eigenvalue weighted by Gasteiger charge is 2.41. The maximum absolute atomic E-state index is 13.4. The Morgan fingerprint density at radius 2 is 1.82 bits per heavy atom. The van der Waals surface area contributed by atoms with Gasteiger partial charge in [0.25, 0.3) is 0 Å². The minimum atomic E-state index is -3.90. The van der Waals surface area contributed by atoms with Crippen LogP contribution < -0.4 is 4.74 Å². The van der Waals surface area contributed by atoms with E-state index in [0.717, 1.165) is 10.0 Å². The van der Waals surface area contributed by atoms with Gasteiger partial charge in [-0.25, -0.2) is 8.42 Å². The number of rotatable bonds is 8. The third kappa shape index (κ3) is 6.58. The van der Waals surface area contributed by atoms with Crippen molar-refractivity contribution in [3.05, 3.63) is 58.6 Å². The minimum absolute atomic E-state index is 0.104. The summed E-state index contributed by atoms with van der Waals surface area (Å²) in [5, 5.41) is 0. The van der Waals surface area contributed by atoms with Crippen LogP contribution in [0, 0.1) is 11.8 Å². The molecule has 9 heteroatoms.